The molecule has 6 nitrogen and oxygen atoms in total. The van der Waals surface area contributed by atoms with Crippen LogP contribution in [0.5, 0.6) is 0 Å². The molecule has 0 amide bonds. The molecule has 2 heterocycles. The van der Waals surface area contributed by atoms with Crippen molar-refractivity contribution in [2.45, 2.75) is 24.7 Å². The summed E-state index contributed by atoms with van der Waals surface area (Å²) in [6.45, 7) is 0. The summed E-state index contributed by atoms with van der Waals surface area (Å²) in [4.78, 5) is 12.0. The van der Waals surface area contributed by atoms with Gasteiger partial charge in [0.15, 0.2) is 10.8 Å². The van der Waals surface area contributed by atoms with E-state index in [-0.39, 0.29) is 16.5 Å². The van der Waals surface area contributed by atoms with E-state index >= 15 is 0 Å². The molecule has 18 heavy (non-hydrogen) atoms. The normalized spacial score (nSPS) is 28.1. The number of nitrogens with zero attached hydrogens (tertiary/aromatic N) is 4. The van der Waals surface area contributed by atoms with Gasteiger partial charge in [-0.2, -0.15) is 4.98 Å². The molecule has 3 unspecified atom stereocenters. The fourth-order valence-electron chi connectivity index (χ4n) is 2.16. The van der Waals surface area contributed by atoms with Crippen molar-refractivity contribution in [2.24, 2.45) is 0 Å². The SMILES string of the molecule is OC1[CH]CC(n2cnc3c(Cl)nc(Cl)nc32)C1O. The van der Waals surface area contributed by atoms with E-state index in [4.69, 9.17) is 23.2 Å². The molecule has 1 aliphatic carbocycles. The van der Waals surface area contributed by atoms with Gasteiger partial charge >= 0.3 is 0 Å². The lowest BCUT2D eigenvalue weighted by Gasteiger charge is -2.18. The van der Waals surface area contributed by atoms with Gasteiger partial charge in [0, 0.05) is 0 Å². The third-order valence-corrected chi connectivity index (χ3v) is 3.50. The van der Waals surface area contributed by atoms with E-state index < -0.39 is 12.2 Å². The maximum Gasteiger partial charge on any atom is 0.225 e. The minimum absolute atomic E-state index is 0.0197. The highest BCUT2D eigenvalue weighted by molar-refractivity contribution is 6.35. The lowest BCUT2D eigenvalue weighted by Crippen LogP contribution is -2.27. The van der Waals surface area contributed by atoms with Crippen molar-refractivity contribution in [3.63, 3.8) is 0 Å². The third-order valence-electron chi connectivity index (χ3n) is 3.07. The first-order chi connectivity index (χ1) is 8.58. The van der Waals surface area contributed by atoms with Crippen molar-refractivity contribution in [1.82, 2.24) is 19.5 Å². The summed E-state index contributed by atoms with van der Waals surface area (Å²) < 4.78 is 1.66. The number of hydrogen-bond donors (Lipinski definition) is 2. The molecule has 1 radical (unpaired) electrons. The van der Waals surface area contributed by atoms with Gasteiger partial charge in [-0.1, -0.05) is 11.6 Å². The van der Waals surface area contributed by atoms with Crippen LogP contribution >= 0.6 is 23.2 Å². The Bertz CT molecular complexity index is 603. The van der Waals surface area contributed by atoms with Crippen LogP contribution in [0.1, 0.15) is 12.5 Å². The van der Waals surface area contributed by atoms with Crippen molar-refractivity contribution in [1.29, 1.82) is 0 Å². The lowest BCUT2D eigenvalue weighted by molar-refractivity contribution is 0.0349. The number of aromatic nitrogens is 4. The topological polar surface area (TPSA) is 84.1 Å². The number of hydrogen-bond acceptors (Lipinski definition) is 5. The van der Waals surface area contributed by atoms with E-state index in [0.29, 0.717) is 17.6 Å². The smallest absolute Gasteiger partial charge is 0.225 e. The molecule has 1 aliphatic rings. The summed E-state index contributed by atoms with van der Waals surface area (Å²) in [5, 5.41) is 19.6. The molecular formula is C10H9Cl2N4O2. The average molecular weight is 288 g/mol. The van der Waals surface area contributed by atoms with Crippen LogP contribution in [-0.2, 0) is 0 Å². The monoisotopic (exact) mass is 287 g/mol. The Kier molecular flexibility index (Phi) is 2.90. The van der Waals surface area contributed by atoms with Crippen molar-refractivity contribution in [3.8, 4) is 0 Å². The average Bonchev–Trinajstić information content (AvgIpc) is 2.85. The predicted octanol–water partition coefficient (Wildman–Crippen LogP) is 1.00. The summed E-state index contributed by atoms with van der Waals surface area (Å²) >= 11 is 11.7. The van der Waals surface area contributed by atoms with Crippen molar-refractivity contribution < 1.29 is 10.2 Å². The first-order valence-electron chi connectivity index (χ1n) is 5.33. The lowest BCUT2D eigenvalue weighted by atomic mass is 10.2. The van der Waals surface area contributed by atoms with Crippen LogP contribution in [0.15, 0.2) is 6.33 Å². The standard InChI is InChI=1S/C10H9Cl2N4O2/c11-8-6-9(15-10(12)14-8)16(3-13-6)4-1-2-5(17)7(4)18/h2-5,7,17-18H,1H2. The molecule has 0 bridgehead atoms. The summed E-state index contributed by atoms with van der Waals surface area (Å²) in [6, 6.07) is -0.327. The van der Waals surface area contributed by atoms with E-state index in [9.17, 15) is 10.2 Å². The minimum atomic E-state index is -0.894. The number of aliphatic hydroxyl groups excluding tert-OH is 2. The molecule has 0 spiro atoms. The number of rotatable bonds is 1. The van der Waals surface area contributed by atoms with Crippen molar-refractivity contribution in [2.75, 3.05) is 0 Å². The number of aliphatic hydroxyl groups is 2. The molecule has 3 atom stereocenters. The zero-order valence-corrected chi connectivity index (χ0v) is 10.5. The highest BCUT2D eigenvalue weighted by Crippen LogP contribution is 2.33. The van der Waals surface area contributed by atoms with Gasteiger partial charge in [0.05, 0.1) is 18.5 Å². The summed E-state index contributed by atoms with van der Waals surface area (Å²) in [7, 11) is 0. The van der Waals surface area contributed by atoms with Crippen LogP contribution < -0.4 is 0 Å². The molecule has 0 aromatic carbocycles. The quantitative estimate of drug-likeness (QED) is 0.604. The van der Waals surface area contributed by atoms with E-state index in [1.54, 1.807) is 11.0 Å². The molecule has 8 heteroatoms. The second-order valence-corrected chi connectivity index (χ2v) is 4.82. The van der Waals surface area contributed by atoms with Gasteiger partial charge in [0.1, 0.15) is 11.6 Å². The Balaban J connectivity index is 2.13. The Morgan fingerprint density at radius 1 is 1.28 bits per heavy atom. The Hall–Kier alpha value is -0.950. The van der Waals surface area contributed by atoms with Gasteiger partial charge in [0.2, 0.25) is 5.28 Å². The maximum absolute atomic E-state index is 9.89. The van der Waals surface area contributed by atoms with Crippen LogP contribution in [0, 0.1) is 6.42 Å². The first kappa shape index (κ1) is 12.1. The number of imidazole rings is 1. The largest absolute Gasteiger partial charge is 0.390 e. The second-order valence-electron chi connectivity index (χ2n) is 4.13. The molecule has 2 N–H and O–H groups in total. The van der Waals surface area contributed by atoms with Crippen LogP contribution in [-0.4, -0.2) is 41.9 Å². The Labute approximate surface area is 112 Å². The molecule has 2 aromatic rings. The van der Waals surface area contributed by atoms with Crippen molar-refractivity contribution in [3.05, 3.63) is 23.2 Å². The molecule has 0 saturated heterocycles. The minimum Gasteiger partial charge on any atom is -0.390 e. The van der Waals surface area contributed by atoms with Crippen LogP contribution in [0.2, 0.25) is 10.4 Å². The van der Waals surface area contributed by atoms with Crippen LogP contribution in [0.4, 0.5) is 0 Å². The fourth-order valence-corrected chi connectivity index (χ4v) is 2.58. The van der Waals surface area contributed by atoms with Crippen LogP contribution in [0.3, 0.4) is 0 Å². The van der Waals surface area contributed by atoms with E-state index in [1.165, 1.54) is 6.33 Å². The summed E-state index contributed by atoms with van der Waals surface area (Å²) in [5.41, 5.74) is 0.876. The number of fused-ring (bicyclic) bond motifs is 1. The van der Waals surface area contributed by atoms with E-state index in [1.807, 2.05) is 0 Å². The molecular weight excluding hydrogens is 279 g/mol. The predicted molar refractivity (Wildman–Crippen MR) is 65.3 cm³/mol. The van der Waals surface area contributed by atoms with Gasteiger partial charge in [0.25, 0.3) is 0 Å². The second kappa shape index (κ2) is 4.31. The van der Waals surface area contributed by atoms with Gasteiger partial charge in [-0.25, -0.2) is 9.97 Å². The highest BCUT2D eigenvalue weighted by atomic mass is 35.5. The van der Waals surface area contributed by atoms with E-state index in [0.717, 1.165) is 0 Å². The zero-order valence-electron chi connectivity index (χ0n) is 9.03. The summed E-state index contributed by atoms with van der Waals surface area (Å²) in [5.74, 6) is 0. The Morgan fingerprint density at radius 2 is 2.06 bits per heavy atom. The fraction of sp³-hybridized carbons (Fsp3) is 0.400. The molecule has 95 valence electrons. The third kappa shape index (κ3) is 1.76. The highest BCUT2D eigenvalue weighted by Gasteiger charge is 2.36. The van der Waals surface area contributed by atoms with Gasteiger partial charge < -0.3 is 14.8 Å². The van der Waals surface area contributed by atoms with Gasteiger partial charge in [-0.3, -0.25) is 0 Å². The molecule has 1 saturated carbocycles. The van der Waals surface area contributed by atoms with Gasteiger partial charge in [-0.05, 0) is 24.4 Å². The maximum atomic E-state index is 9.89. The van der Waals surface area contributed by atoms with Crippen molar-refractivity contribution >= 4 is 34.4 Å². The first-order valence-corrected chi connectivity index (χ1v) is 6.08. The number of halogens is 2. The van der Waals surface area contributed by atoms with E-state index in [2.05, 4.69) is 15.0 Å². The van der Waals surface area contributed by atoms with Gasteiger partial charge in [-0.15, -0.1) is 0 Å². The Morgan fingerprint density at radius 3 is 2.72 bits per heavy atom. The molecule has 3 rings (SSSR count). The summed E-state index contributed by atoms with van der Waals surface area (Å²) in [6.07, 6.45) is 1.94. The zero-order chi connectivity index (χ0) is 12.9. The molecule has 0 aliphatic heterocycles. The molecule has 1 fully saturated rings. The molecule has 2 aromatic heterocycles. The van der Waals surface area contributed by atoms with Crippen LogP contribution in [0.25, 0.3) is 11.2 Å².